The maximum Gasteiger partial charge on any atom is 0.269 e. The van der Waals surface area contributed by atoms with Crippen molar-refractivity contribution in [3.05, 3.63) is 34.4 Å². The molecular weight excluding hydrogens is 236 g/mol. The van der Waals surface area contributed by atoms with Gasteiger partial charge in [-0.15, -0.1) is 0 Å². The number of hydrogen-bond donors (Lipinski definition) is 2. The van der Waals surface area contributed by atoms with E-state index in [1.54, 1.807) is 0 Å². The lowest BCUT2D eigenvalue weighted by atomic mass is 10.3. The summed E-state index contributed by atoms with van der Waals surface area (Å²) in [5, 5.41) is 23.1. The topological polar surface area (TPSA) is 84.6 Å². The minimum absolute atomic E-state index is 0.0208. The first-order chi connectivity index (χ1) is 8.63. The lowest BCUT2D eigenvalue weighted by Crippen LogP contribution is -2.31. The minimum Gasteiger partial charge on any atom is -0.491 e. The molecule has 0 saturated heterocycles. The van der Waals surface area contributed by atoms with Crippen LogP contribution in [0.15, 0.2) is 24.3 Å². The van der Waals surface area contributed by atoms with Crippen molar-refractivity contribution in [3.63, 3.8) is 0 Å². The van der Waals surface area contributed by atoms with E-state index in [9.17, 15) is 15.2 Å². The van der Waals surface area contributed by atoms with Gasteiger partial charge in [0, 0.05) is 18.7 Å². The Labute approximate surface area is 106 Å². The average molecular weight is 254 g/mol. The summed E-state index contributed by atoms with van der Waals surface area (Å²) in [5.41, 5.74) is 0.0208. The number of nitrogens with one attached hydrogen (secondary N) is 1. The van der Waals surface area contributed by atoms with Crippen LogP contribution in [0.3, 0.4) is 0 Å². The van der Waals surface area contributed by atoms with Gasteiger partial charge in [-0.05, 0) is 25.1 Å². The highest BCUT2D eigenvalue weighted by Gasteiger charge is 2.07. The summed E-state index contributed by atoms with van der Waals surface area (Å²) >= 11 is 0. The summed E-state index contributed by atoms with van der Waals surface area (Å²) in [6.07, 6.45) is 0.419. The molecule has 0 bridgehead atoms. The van der Waals surface area contributed by atoms with Crippen LogP contribution in [-0.4, -0.2) is 35.8 Å². The van der Waals surface area contributed by atoms with Crippen LogP contribution in [0.4, 0.5) is 5.69 Å². The van der Waals surface area contributed by atoms with Crippen molar-refractivity contribution in [2.45, 2.75) is 19.4 Å². The monoisotopic (exact) mass is 254 g/mol. The zero-order valence-corrected chi connectivity index (χ0v) is 10.3. The standard InChI is InChI=1S/C12H18N2O4/c1-2-7-13-8-11(15)9-18-12-5-3-10(4-6-12)14(16)17/h3-6,11,13,15H,2,7-9H2,1H3. The van der Waals surface area contributed by atoms with Gasteiger partial charge in [-0.25, -0.2) is 0 Å². The van der Waals surface area contributed by atoms with E-state index in [4.69, 9.17) is 4.74 Å². The molecule has 18 heavy (non-hydrogen) atoms. The molecule has 0 amide bonds. The summed E-state index contributed by atoms with van der Waals surface area (Å²) in [5.74, 6) is 0.509. The Bertz CT molecular complexity index is 367. The van der Waals surface area contributed by atoms with Gasteiger partial charge in [0.25, 0.3) is 5.69 Å². The number of non-ortho nitro benzene ring substituents is 1. The number of hydrogen-bond acceptors (Lipinski definition) is 5. The Balaban J connectivity index is 2.32. The highest BCUT2D eigenvalue weighted by Crippen LogP contribution is 2.17. The molecule has 1 rings (SSSR count). The number of rotatable bonds is 8. The Morgan fingerprint density at radius 2 is 2.11 bits per heavy atom. The molecule has 0 aliphatic carbocycles. The number of aliphatic hydroxyl groups is 1. The predicted molar refractivity (Wildman–Crippen MR) is 67.8 cm³/mol. The SMILES string of the molecule is CCCNCC(O)COc1ccc([N+](=O)[O-])cc1. The molecule has 6 nitrogen and oxygen atoms in total. The normalized spacial score (nSPS) is 12.1. The Hall–Kier alpha value is -1.66. The third-order valence-electron chi connectivity index (χ3n) is 2.30. The lowest BCUT2D eigenvalue weighted by Gasteiger charge is -2.12. The number of benzene rings is 1. The fourth-order valence-corrected chi connectivity index (χ4v) is 1.36. The van der Waals surface area contributed by atoms with Crippen molar-refractivity contribution in [2.75, 3.05) is 19.7 Å². The van der Waals surface area contributed by atoms with Crippen molar-refractivity contribution in [2.24, 2.45) is 0 Å². The molecule has 1 unspecified atom stereocenters. The van der Waals surface area contributed by atoms with Gasteiger partial charge in [-0.1, -0.05) is 6.92 Å². The fraction of sp³-hybridized carbons (Fsp3) is 0.500. The Morgan fingerprint density at radius 1 is 1.44 bits per heavy atom. The maximum absolute atomic E-state index is 10.4. The number of nitrogens with zero attached hydrogens (tertiary/aromatic N) is 1. The summed E-state index contributed by atoms with van der Waals surface area (Å²) in [7, 11) is 0. The van der Waals surface area contributed by atoms with Gasteiger partial charge in [0.1, 0.15) is 18.5 Å². The largest absolute Gasteiger partial charge is 0.491 e. The summed E-state index contributed by atoms with van der Waals surface area (Å²) in [6.45, 7) is 3.54. The molecular formula is C12H18N2O4. The summed E-state index contributed by atoms with van der Waals surface area (Å²) < 4.78 is 5.32. The van der Waals surface area contributed by atoms with Crippen molar-refractivity contribution in [3.8, 4) is 5.75 Å². The first-order valence-corrected chi connectivity index (χ1v) is 5.89. The van der Waals surface area contributed by atoms with Crippen LogP contribution in [0.2, 0.25) is 0 Å². The molecule has 0 radical (unpaired) electrons. The average Bonchev–Trinajstić information content (AvgIpc) is 2.37. The van der Waals surface area contributed by atoms with Gasteiger partial charge < -0.3 is 15.2 Å². The van der Waals surface area contributed by atoms with E-state index < -0.39 is 11.0 Å². The molecule has 0 aliphatic heterocycles. The smallest absolute Gasteiger partial charge is 0.269 e. The molecule has 100 valence electrons. The zero-order chi connectivity index (χ0) is 13.4. The quantitative estimate of drug-likeness (QED) is 0.415. The second kappa shape index (κ2) is 7.62. The van der Waals surface area contributed by atoms with E-state index in [-0.39, 0.29) is 12.3 Å². The van der Waals surface area contributed by atoms with Crippen molar-refractivity contribution in [1.29, 1.82) is 0 Å². The van der Waals surface area contributed by atoms with Gasteiger partial charge in [0.05, 0.1) is 4.92 Å². The molecule has 0 spiro atoms. The molecule has 6 heteroatoms. The van der Waals surface area contributed by atoms with Gasteiger partial charge in [-0.2, -0.15) is 0 Å². The van der Waals surface area contributed by atoms with E-state index in [1.807, 2.05) is 6.92 Å². The van der Waals surface area contributed by atoms with Crippen molar-refractivity contribution < 1.29 is 14.8 Å². The van der Waals surface area contributed by atoms with Gasteiger partial charge in [0.2, 0.25) is 0 Å². The first kappa shape index (κ1) is 14.4. The number of aliphatic hydroxyl groups excluding tert-OH is 1. The molecule has 1 aromatic carbocycles. The maximum atomic E-state index is 10.4. The third kappa shape index (κ3) is 5.11. The second-order valence-electron chi connectivity index (χ2n) is 3.92. The summed E-state index contributed by atoms with van der Waals surface area (Å²) in [4.78, 5) is 9.98. The zero-order valence-electron chi connectivity index (χ0n) is 10.3. The van der Waals surface area contributed by atoms with Crippen LogP contribution in [0.1, 0.15) is 13.3 Å². The van der Waals surface area contributed by atoms with Crippen molar-refractivity contribution >= 4 is 5.69 Å². The minimum atomic E-state index is -0.591. The molecule has 0 aliphatic rings. The van der Waals surface area contributed by atoms with Gasteiger partial charge >= 0.3 is 0 Å². The Morgan fingerprint density at radius 3 is 2.67 bits per heavy atom. The molecule has 2 N–H and O–H groups in total. The van der Waals surface area contributed by atoms with E-state index >= 15 is 0 Å². The van der Waals surface area contributed by atoms with Crippen LogP contribution in [-0.2, 0) is 0 Å². The number of ether oxygens (including phenoxy) is 1. The van der Waals surface area contributed by atoms with Gasteiger partial charge in [0.15, 0.2) is 0 Å². The number of nitro groups is 1. The van der Waals surface area contributed by atoms with E-state index in [1.165, 1.54) is 24.3 Å². The molecule has 0 aromatic heterocycles. The van der Waals surface area contributed by atoms with Crippen LogP contribution in [0.25, 0.3) is 0 Å². The van der Waals surface area contributed by atoms with Crippen LogP contribution in [0.5, 0.6) is 5.75 Å². The van der Waals surface area contributed by atoms with E-state index in [2.05, 4.69) is 5.32 Å². The highest BCUT2D eigenvalue weighted by atomic mass is 16.6. The molecule has 1 atom stereocenters. The van der Waals surface area contributed by atoms with Crippen LogP contribution in [0, 0.1) is 10.1 Å². The molecule has 0 saturated carbocycles. The van der Waals surface area contributed by atoms with Crippen molar-refractivity contribution in [1.82, 2.24) is 5.32 Å². The highest BCUT2D eigenvalue weighted by molar-refractivity contribution is 5.35. The lowest BCUT2D eigenvalue weighted by molar-refractivity contribution is -0.384. The third-order valence-corrected chi connectivity index (χ3v) is 2.30. The van der Waals surface area contributed by atoms with Gasteiger partial charge in [-0.3, -0.25) is 10.1 Å². The van der Waals surface area contributed by atoms with E-state index in [0.29, 0.717) is 12.3 Å². The molecule has 0 fully saturated rings. The summed E-state index contributed by atoms with van der Waals surface area (Å²) in [6, 6.07) is 5.78. The number of nitro benzene ring substituents is 1. The first-order valence-electron chi connectivity index (χ1n) is 5.89. The second-order valence-corrected chi connectivity index (χ2v) is 3.92. The fourth-order valence-electron chi connectivity index (χ4n) is 1.36. The Kier molecular flexibility index (Phi) is 6.10. The van der Waals surface area contributed by atoms with Crippen LogP contribution < -0.4 is 10.1 Å². The molecule has 1 aromatic rings. The predicted octanol–water partition coefficient (Wildman–Crippen LogP) is 1.33. The molecule has 0 heterocycles. The van der Waals surface area contributed by atoms with E-state index in [0.717, 1.165) is 13.0 Å². The van der Waals surface area contributed by atoms with Crippen LogP contribution >= 0.6 is 0 Å².